The number of allylic oxidation sites excluding steroid dienone is 3. The number of nitrogens with two attached hydrogens (primary N) is 1. The first kappa shape index (κ1) is 16.0. The minimum atomic E-state index is -0.781. The van der Waals surface area contributed by atoms with Gasteiger partial charge >= 0.3 is 0 Å². The second kappa shape index (κ2) is 8.16. The van der Waals surface area contributed by atoms with Gasteiger partial charge in [0.05, 0.1) is 18.6 Å². The number of carbonyl (C=O) groups is 1. The molecule has 0 radical (unpaired) electrons. The molecule has 7 nitrogen and oxygen atoms in total. The Balaban J connectivity index is 2.55. The third kappa shape index (κ3) is 4.89. The molecule has 0 aromatic heterocycles. The Kier molecular flexibility index (Phi) is 6.52. The minimum absolute atomic E-state index is 0.142. The van der Waals surface area contributed by atoms with Crippen molar-refractivity contribution in [3.05, 3.63) is 46.5 Å². The molecule has 1 aliphatic carbocycles. The van der Waals surface area contributed by atoms with Gasteiger partial charge in [-0.2, -0.15) is 0 Å². The van der Waals surface area contributed by atoms with Gasteiger partial charge in [0.25, 0.3) is 0 Å². The smallest absolute Gasteiger partial charge is 0.233 e. The predicted octanol–water partition coefficient (Wildman–Crippen LogP) is 1.40. The highest BCUT2D eigenvalue weighted by Gasteiger charge is 2.27. The summed E-state index contributed by atoms with van der Waals surface area (Å²) in [6.07, 6.45) is 8.43. The van der Waals surface area contributed by atoms with Crippen molar-refractivity contribution in [1.82, 2.24) is 5.32 Å². The van der Waals surface area contributed by atoms with E-state index in [2.05, 4.69) is 15.3 Å². The summed E-state index contributed by atoms with van der Waals surface area (Å²) in [6, 6.07) is 0. The van der Waals surface area contributed by atoms with Gasteiger partial charge in [0, 0.05) is 23.7 Å². The third-order valence-electron chi connectivity index (χ3n) is 2.75. The maximum Gasteiger partial charge on any atom is 0.233 e. The number of carbonyl (C=O) groups excluding carboxylic acids is 1. The number of rotatable bonds is 7. The Hall–Kier alpha value is -2.08. The van der Waals surface area contributed by atoms with Gasteiger partial charge in [0.1, 0.15) is 0 Å². The zero-order valence-corrected chi connectivity index (χ0v) is 11.5. The van der Waals surface area contributed by atoms with Gasteiger partial charge in [0.15, 0.2) is 0 Å². The average Bonchev–Trinajstić information content (AvgIpc) is 2.62. The summed E-state index contributed by atoms with van der Waals surface area (Å²) in [6.45, 7) is 3.57. The van der Waals surface area contributed by atoms with Crippen LogP contribution in [0.2, 0.25) is 0 Å². The van der Waals surface area contributed by atoms with Gasteiger partial charge in [-0.05, 0) is 12.5 Å². The van der Waals surface area contributed by atoms with E-state index < -0.39 is 5.41 Å². The fourth-order valence-electron chi connectivity index (χ4n) is 1.60. The first-order valence-corrected chi connectivity index (χ1v) is 6.32. The molecule has 1 atom stereocenters. The van der Waals surface area contributed by atoms with Gasteiger partial charge in [-0.25, -0.2) is 0 Å². The molecule has 1 rings (SSSR count). The average molecular weight is 277 g/mol. The molecule has 7 heteroatoms. The van der Waals surface area contributed by atoms with Crippen molar-refractivity contribution in [2.45, 2.75) is 6.92 Å². The Morgan fingerprint density at radius 1 is 1.55 bits per heavy atom. The second-order valence-corrected chi connectivity index (χ2v) is 4.41. The highest BCUT2D eigenvalue weighted by molar-refractivity contribution is 5.86. The van der Waals surface area contributed by atoms with Gasteiger partial charge in [-0.15, -0.1) is 0 Å². The molecule has 0 aromatic rings. The minimum Gasteiger partial charge on any atom is -0.378 e. The third-order valence-corrected chi connectivity index (χ3v) is 2.75. The molecule has 0 saturated heterocycles. The van der Waals surface area contributed by atoms with Crippen molar-refractivity contribution < 1.29 is 9.53 Å². The molecule has 1 amide bonds. The summed E-state index contributed by atoms with van der Waals surface area (Å²) < 4.78 is 5.19. The van der Waals surface area contributed by atoms with Crippen LogP contribution < -0.4 is 11.1 Å². The molecule has 1 unspecified atom stereocenters. The van der Waals surface area contributed by atoms with E-state index in [9.17, 15) is 4.79 Å². The van der Waals surface area contributed by atoms with Crippen molar-refractivity contribution in [3.63, 3.8) is 0 Å². The van der Waals surface area contributed by atoms with E-state index in [0.29, 0.717) is 32.0 Å². The summed E-state index contributed by atoms with van der Waals surface area (Å²) in [7, 11) is 0. The molecular weight excluding hydrogens is 258 g/mol. The van der Waals surface area contributed by atoms with Crippen LogP contribution in [0, 0.1) is 5.41 Å². The normalized spacial score (nSPS) is 20.8. The Labute approximate surface area is 117 Å². The fourth-order valence-corrected chi connectivity index (χ4v) is 1.60. The molecule has 0 heterocycles. The fraction of sp³-hybridized carbons (Fsp3) is 0.462. The number of hydrogen-bond donors (Lipinski definition) is 2. The Morgan fingerprint density at radius 3 is 3.05 bits per heavy atom. The first-order chi connectivity index (χ1) is 9.62. The van der Waals surface area contributed by atoms with E-state index in [1.54, 1.807) is 37.3 Å². The van der Waals surface area contributed by atoms with Crippen LogP contribution >= 0.6 is 0 Å². The van der Waals surface area contributed by atoms with Crippen LogP contribution in [0.25, 0.3) is 10.4 Å². The molecule has 0 bridgehead atoms. The highest BCUT2D eigenvalue weighted by Crippen LogP contribution is 2.24. The lowest BCUT2D eigenvalue weighted by Crippen LogP contribution is -2.38. The van der Waals surface area contributed by atoms with Gasteiger partial charge in [0.2, 0.25) is 5.91 Å². The molecule has 0 saturated carbocycles. The molecule has 0 spiro atoms. The number of amides is 1. The quantitative estimate of drug-likeness (QED) is 0.317. The van der Waals surface area contributed by atoms with E-state index >= 15 is 0 Å². The molecule has 0 fully saturated rings. The van der Waals surface area contributed by atoms with Crippen molar-refractivity contribution in [3.8, 4) is 0 Å². The maximum absolute atomic E-state index is 12.1. The number of ether oxygens (including phenoxy) is 1. The largest absolute Gasteiger partial charge is 0.378 e. The van der Waals surface area contributed by atoms with Crippen LogP contribution in [0.15, 0.2) is 41.2 Å². The lowest BCUT2D eigenvalue weighted by atomic mass is 9.89. The van der Waals surface area contributed by atoms with Crippen LogP contribution in [-0.2, 0) is 9.53 Å². The number of nitrogens with zero attached hydrogens (tertiary/aromatic N) is 3. The summed E-state index contributed by atoms with van der Waals surface area (Å²) in [5.41, 5.74) is 13.4. The van der Waals surface area contributed by atoms with Crippen molar-refractivity contribution in [1.29, 1.82) is 0 Å². The van der Waals surface area contributed by atoms with E-state index in [0.717, 1.165) is 0 Å². The maximum atomic E-state index is 12.1. The van der Waals surface area contributed by atoms with Crippen molar-refractivity contribution in [2.75, 3.05) is 26.3 Å². The van der Waals surface area contributed by atoms with E-state index in [1.807, 2.05) is 0 Å². The van der Waals surface area contributed by atoms with Gasteiger partial charge in [-0.1, -0.05) is 35.5 Å². The van der Waals surface area contributed by atoms with Crippen LogP contribution in [0.3, 0.4) is 0 Å². The SMILES string of the molecule is CC1(C(=O)NCCOCCN)C=CC=C(N=[N+]=[N-])C=C1. The highest BCUT2D eigenvalue weighted by atomic mass is 16.5. The lowest BCUT2D eigenvalue weighted by Gasteiger charge is -2.20. The standard InChI is InChI=1S/C13H19N5O2/c1-13(12(19)16-8-10-20-9-7-14)5-2-3-11(4-6-13)17-18-15/h2-6H,7-10,14H2,1H3,(H,16,19). The zero-order chi connectivity index (χ0) is 14.8. The van der Waals surface area contributed by atoms with Crippen LogP contribution in [0.5, 0.6) is 0 Å². The monoisotopic (exact) mass is 277 g/mol. The zero-order valence-electron chi connectivity index (χ0n) is 11.5. The van der Waals surface area contributed by atoms with Crippen LogP contribution in [-0.4, -0.2) is 32.2 Å². The van der Waals surface area contributed by atoms with E-state index in [1.165, 1.54) is 0 Å². The topological polar surface area (TPSA) is 113 Å². The summed E-state index contributed by atoms with van der Waals surface area (Å²) in [5.74, 6) is -0.142. The Morgan fingerprint density at radius 2 is 2.35 bits per heavy atom. The molecule has 1 aliphatic rings. The Bertz CT molecular complexity index is 477. The molecular formula is C13H19N5O2. The number of nitrogens with one attached hydrogen (secondary N) is 1. The molecule has 108 valence electrons. The van der Waals surface area contributed by atoms with Gasteiger partial charge < -0.3 is 15.8 Å². The summed E-state index contributed by atoms with van der Waals surface area (Å²) in [5, 5.41) is 6.30. The second-order valence-electron chi connectivity index (χ2n) is 4.41. The lowest BCUT2D eigenvalue weighted by molar-refractivity contribution is -0.126. The summed E-state index contributed by atoms with van der Waals surface area (Å²) >= 11 is 0. The van der Waals surface area contributed by atoms with Crippen molar-refractivity contribution in [2.24, 2.45) is 16.3 Å². The van der Waals surface area contributed by atoms with Gasteiger partial charge in [-0.3, -0.25) is 4.79 Å². The van der Waals surface area contributed by atoms with Crippen LogP contribution in [0.1, 0.15) is 6.92 Å². The van der Waals surface area contributed by atoms with E-state index in [4.69, 9.17) is 16.0 Å². The van der Waals surface area contributed by atoms with E-state index in [-0.39, 0.29) is 5.91 Å². The predicted molar refractivity (Wildman–Crippen MR) is 76.5 cm³/mol. The molecule has 20 heavy (non-hydrogen) atoms. The molecule has 0 aliphatic heterocycles. The molecule has 0 aromatic carbocycles. The van der Waals surface area contributed by atoms with Crippen molar-refractivity contribution >= 4 is 5.91 Å². The number of azide groups is 1. The first-order valence-electron chi connectivity index (χ1n) is 6.32. The van der Waals surface area contributed by atoms with Crippen LogP contribution in [0.4, 0.5) is 0 Å². The molecule has 3 N–H and O–H groups in total. The number of hydrogen-bond acceptors (Lipinski definition) is 4. The summed E-state index contributed by atoms with van der Waals surface area (Å²) in [4.78, 5) is 14.9.